The summed E-state index contributed by atoms with van der Waals surface area (Å²) in [5.74, 6) is 0. The fraction of sp³-hybridized carbons (Fsp3) is 0.105. The summed E-state index contributed by atoms with van der Waals surface area (Å²) in [4.78, 5) is 0. The Labute approximate surface area is 124 Å². The van der Waals surface area contributed by atoms with Gasteiger partial charge in [-0.3, -0.25) is 0 Å². The molecule has 0 aliphatic carbocycles. The molecule has 0 amide bonds. The van der Waals surface area contributed by atoms with Gasteiger partial charge in [0.25, 0.3) is 0 Å². The van der Waals surface area contributed by atoms with Gasteiger partial charge in [-0.05, 0) is 41.5 Å². The maximum Gasteiger partial charge on any atom is 0.0992 e. The molecule has 0 saturated carbocycles. The third-order valence-electron chi connectivity index (χ3n) is 3.66. The molecule has 0 aliphatic rings. The standard InChI is InChI=1S/C19H16N2/c1-14(21-17-9-4-6-15(12-17)13-20)18-11-5-8-16-7-2-3-10-19(16)18/h2-12,14,21H,1H3. The number of hydrogen-bond donors (Lipinski definition) is 1. The number of rotatable bonds is 3. The summed E-state index contributed by atoms with van der Waals surface area (Å²) < 4.78 is 0. The van der Waals surface area contributed by atoms with E-state index in [1.54, 1.807) is 0 Å². The van der Waals surface area contributed by atoms with Crippen molar-refractivity contribution in [2.45, 2.75) is 13.0 Å². The summed E-state index contributed by atoms with van der Waals surface area (Å²) in [5.41, 5.74) is 2.90. The molecule has 3 aromatic carbocycles. The molecule has 0 bridgehead atoms. The van der Waals surface area contributed by atoms with Crippen LogP contribution < -0.4 is 5.32 Å². The summed E-state index contributed by atoms with van der Waals surface area (Å²) >= 11 is 0. The molecule has 0 spiro atoms. The van der Waals surface area contributed by atoms with E-state index in [1.165, 1.54) is 16.3 Å². The average Bonchev–Trinajstić information content (AvgIpc) is 2.54. The van der Waals surface area contributed by atoms with Gasteiger partial charge in [0.1, 0.15) is 0 Å². The molecule has 21 heavy (non-hydrogen) atoms. The lowest BCUT2D eigenvalue weighted by Gasteiger charge is -2.18. The van der Waals surface area contributed by atoms with Crippen molar-refractivity contribution in [2.24, 2.45) is 0 Å². The van der Waals surface area contributed by atoms with Crippen LogP contribution in [-0.4, -0.2) is 0 Å². The van der Waals surface area contributed by atoms with Crippen LogP contribution in [0, 0.1) is 11.3 Å². The van der Waals surface area contributed by atoms with Crippen LogP contribution in [0.5, 0.6) is 0 Å². The van der Waals surface area contributed by atoms with Crippen LogP contribution in [0.3, 0.4) is 0 Å². The highest BCUT2D eigenvalue weighted by Gasteiger charge is 2.09. The predicted molar refractivity (Wildman–Crippen MR) is 87.1 cm³/mol. The molecule has 0 fully saturated rings. The summed E-state index contributed by atoms with van der Waals surface area (Å²) in [6, 6.07) is 24.7. The maximum absolute atomic E-state index is 8.98. The minimum Gasteiger partial charge on any atom is -0.378 e. The van der Waals surface area contributed by atoms with Crippen molar-refractivity contribution in [3.05, 3.63) is 77.9 Å². The Balaban J connectivity index is 1.94. The number of nitriles is 1. The number of fused-ring (bicyclic) bond motifs is 1. The molecule has 1 N–H and O–H groups in total. The second-order valence-electron chi connectivity index (χ2n) is 5.13. The largest absolute Gasteiger partial charge is 0.378 e. The van der Waals surface area contributed by atoms with Gasteiger partial charge in [-0.15, -0.1) is 0 Å². The molecule has 3 aromatic rings. The molecule has 1 unspecified atom stereocenters. The first kappa shape index (κ1) is 13.2. The van der Waals surface area contributed by atoms with Gasteiger partial charge in [0.15, 0.2) is 0 Å². The minimum atomic E-state index is 0.171. The lowest BCUT2D eigenvalue weighted by Crippen LogP contribution is -2.07. The van der Waals surface area contributed by atoms with E-state index in [0.29, 0.717) is 5.56 Å². The number of nitrogens with zero attached hydrogens (tertiary/aromatic N) is 1. The average molecular weight is 272 g/mol. The molecule has 102 valence electrons. The van der Waals surface area contributed by atoms with Crippen molar-refractivity contribution in [2.75, 3.05) is 5.32 Å². The van der Waals surface area contributed by atoms with Crippen LogP contribution in [0.2, 0.25) is 0 Å². The van der Waals surface area contributed by atoms with Gasteiger partial charge in [0.05, 0.1) is 11.6 Å². The van der Waals surface area contributed by atoms with Crippen molar-refractivity contribution in [3.63, 3.8) is 0 Å². The summed E-state index contributed by atoms with van der Waals surface area (Å²) in [7, 11) is 0. The zero-order valence-electron chi connectivity index (χ0n) is 11.9. The van der Waals surface area contributed by atoms with Crippen molar-refractivity contribution >= 4 is 16.5 Å². The molecule has 0 aromatic heterocycles. The van der Waals surface area contributed by atoms with E-state index in [-0.39, 0.29) is 6.04 Å². The van der Waals surface area contributed by atoms with Crippen molar-refractivity contribution in [3.8, 4) is 6.07 Å². The summed E-state index contributed by atoms with van der Waals surface area (Å²) in [5, 5.41) is 15.0. The highest BCUT2D eigenvalue weighted by molar-refractivity contribution is 5.86. The molecule has 0 aliphatic heterocycles. The van der Waals surface area contributed by atoms with Gasteiger partial charge in [-0.1, -0.05) is 48.5 Å². The quantitative estimate of drug-likeness (QED) is 0.737. The number of hydrogen-bond acceptors (Lipinski definition) is 2. The van der Waals surface area contributed by atoms with Crippen LogP contribution >= 0.6 is 0 Å². The molecule has 0 heterocycles. The fourth-order valence-corrected chi connectivity index (χ4v) is 2.63. The molecule has 2 heteroatoms. The number of benzene rings is 3. The first-order valence-electron chi connectivity index (χ1n) is 7.02. The molecule has 0 radical (unpaired) electrons. The minimum absolute atomic E-state index is 0.171. The van der Waals surface area contributed by atoms with Crippen LogP contribution in [0.1, 0.15) is 24.1 Å². The van der Waals surface area contributed by atoms with Gasteiger partial charge in [-0.2, -0.15) is 5.26 Å². The monoisotopic (exact) mass is 272 g/mol. The van der Waals surface area contributed by atoms with E-state index in [9.17, 15) is 0 Å². The Hall–Kier alpha value is -2.79. The topological polar surface area (TPSA) is 35.8 Å². The van der Waals surface area contributed by atoms with Crippen molar-refractivity contribution in [1.29, 1.82) is 5.26 Å². The van der Waals surface area contributed by atoms with E-state index in [0.717, 1.165) is 5.69 Å². The van der Waals surface area contributed by atoms with Gasteiger partial charge in [0.2, 0.25) is 0 Å². The van der Waals surface area contributed by atoms with Crippen molar-refractivity contribution < 1.29 is 0 Å². The first-order valence-corrected chi connectivity index (χ1v) is 7.02. The highest BCUT2D eigenvalue weighted by atomic mass is 14.9. The Morgan fingerprint density at radius 1 is 0.952 bits per heavy atom. The van der Waals surface area contributed by atoms with Gasteiger partial charge < -0.3 is 5.32 Å². The van der Waals surface area contributed by atoms with Gasteiger partial charge in [0, 0.05) is 11.7 Å². The van der Waals surface area contributed by atoms with Crippen LogP contribution in [-0.2, 0) is 0 Å². The van der Waals surface area contributed by atoms with E-state index < -0.39 is 0 Å². The molecule has 2 nitrogen and oxygen atoms in total. The lowest BCUT2D eigenvalue weighted by atomic mass is 9.99. The van der Waals surface area contributed by atoms with E-state index in [2.05, 4.69) is 60.8 Å². The molecule has 0 saturated heterocycles. The second-order valence-corrected chi connectivity index (χ2v) is 5.13. The van der Waals surface area contributed by atoms with E-state index in [1.807, 2.05) is 24.3 Å². The number of anilines is 1. The Kier molecular flexibility index (Phi) is 3.57. The zero-order chi connectivity index (χ0) is 14.7. The fourth-order valence-electron chi connectivity index (χ4n) is 2.63. The Morgan fingerprint density at radius 2 is 1.71 bits per heavy atom. The summed E-state index contributed by atoms with van der Waals surface area (Å²) in [6.45, 7) is 2.14. The third kappa shape index (κ3) is 2.73. The second kappa shape index (κ2) is 5.68. The smallest absolute Gasteiger partial charge is 0.0992 e. The molecular weight excluding hydrogens is 256 g/mol. The van der Waals surface area contributed by atoms with Crippen molar-refractivity contribution in [1.82, 2.24) is 0 Å². The normalized spacial score (nSPS) is 11.8. The Morgan fingerprint density at radius 3 is 2.57 bits per heavy atom. The highest BCUT2D eigenvalue weighted by Crippen LogP contribution is 2.26. The molecule has 3 rings (SSSR count). The van der Waals surface area contributed by atoms with Crippen LogP contribution in [0.25, 0.3) is 10.8 Å². The molecule has 1 atom stereocenters. The zero-order valence-corrected chi connectivity index (χ0v) is 11.9. The van der Waals surface area contributed by atoms with E-state index >= 15 is 0 Å². The van der Waals surface area contributed by atoms with Crippen LogP contribution in [0.4, 0.5) is 5.69 Å². The molecular formula is C19H16N2. The first-order chi connectivity index (χ1) is 10.3. The Bertz CT molecular complexity index is 810. The van der Waals surface area contributed by atoms with Crippen LogP contribution in [0.15, 0.2) is 66.7 Å². The van der Waals surface area contributed by atoms with Gasteiger partial charge >= 0.3 is 0 Å². The number of nitrogens with one attached hydrogen (secondary N) is 1. The predicted octanol–water partition coefficient (Wildman–Crippen LogP) is 4.88. The van der Waals surface area contributed by atoms with E-state index in [4.69, 9.17) is 5.26 Å². The third-order valence-corrected chi connectivity index (χ3v) is 3.66. The SMILES string of the molecule is CC(Nc1cccc(C#N)c1)c1cccc2ccccc12. The lowest BCUT2D eigenvalue weighted by molar-refractivity contribution is 0.894. The maximum atomic E-state index is 8.98. The van der Waals surface area contributed by atoms with Gasteiger partial charge in [-0.25, -0.2) is 0 Å². The summed E-state index contributed by atoms with van der Waals surface area (Å²) in [6.07, 6.45) is 0.